The van der Waals surface area contributed by atoms with Gasteiger partial charge in [-0.25, -0.2) is 0 Å². The second-order valence-electron chi connectivity index (χ2n) is 5.77. The predicted octanol–water partition coefficient (Wildman–Crippen LogP) is 2.25. The second kappa shape index (κ2) is 2.30. The van der Waals surface area contributed by atoms with E-state index in [1.165, 1.54) is 6.32 Å². The van der Waals surface area contributed by atoms with Crippen LogP contribution >= 0.6 is 0 Å². The molecule has 12 heavy (non-hydrogen) atoms. The molecule has 0 unspecified atom stereocenters. The van der Waals surface area contributed by atoms with E-state index in [-0.39, 0.29) is 0 Å². The fraction of sp³-hybridized carbons (Fsp3) is 1.00. The molecule has 66 valence electrons. The van der Waals surface area contributed by atoms with Crippen molar-refractivity contribution in [1.29, 1.82) is 0 Å². The molecule has 4 saturated carbocycles. The standard InChI is InChI=1S/C11H19B/c12-7-11-4-8-1-9(5-11)3-10(2-8)6-11/h8-10H,1-7,12H2. The molecule has 4 bridgehead atoms. The molecule has 4 rings (SSSR count). The van der Waals surface area contributed by atoms with Gasteiger partial charge in [0.05, 0.1) is 0 Å². The van der Waals surface area contributed by atoms with Gasteiger partial charge in [0.25, 0.3) is 0 Å². The van der Waals surface area contributed by atoms with E-state index in [0.717, 1.165) is 23.2 Å². The van der Waals surface area contributed by atoms with E-state index >= 15 is 0 Å². The van der Waals surface area contributed by atoms with Crippen molar-refractivity contribution < 1.29 is 0 Å². The largest absolute Gasteiger partial charge is 0.102 e. The maximum atomic E-state index is 2.42. The molecule has 0 aliphatic heterocycles. The van der Waals surface area contributed by atoms with E-state index in [1.807, 2.05) is 0 Å². The summed E-state index contributed by atoms with van der Waals surface area (Å²) in [5, 5.41) is 0. The Hall–Kier alpha value is 0.0649. The summed E-state index contributed by atoms with van der Waals surface area (Å²) in [6.45, 7) is 0. The van der Waals surface area contributed by atoms with Crippen molar-refractivity contribution >= 4 is 7.85 Å². The highest BCUT2D eigenvalue weighted by Gasteiger charge is 2.49. The van der Waals surface area contributed by atoms with Gasteiger partial charge < -0.3 is 0 Å². The summed E-state index contributed by atoms with van der Waals surface area (Å²) >= 11 is 0. The van der Waals surface area contributed by atoms with Crippen molar-refractivity contribution in [2.75, 3.05) is 0 Å². The molecule has 0 aromatic carbocycles. The van der Waals surface area contributed by atoms with E-state index < -0.39 is 0 Å². The van der Waals surface area contributed by atoms with Crippen LogP contribution in [0.15, 0.2) is 0 Å². The van der Waals surface area contributed by atoms with Crippen LogP contribution in [0.4, 0.5) is 0 Å². The Kier molecular flexibility index (Phi) is 1.43. The topological polar surface area (TPSA) is 0 Å². The van der Waals surface area contributed by atoms with E-state index in [4.69, 9.17) is 0 Å². The Labute approximate surface area is 76.5 Å². The van der Waals surface area contributed by atoms with Crippen LogP contribution in [0.2, 0.25) is 6.32 Å². The van der Waals surface area contributed by atoms with Gasteiger partial charge in [0.2, 0.25) is 0 Å². The lowest BCUT2D eigenvalue weighted by Crippen LogP contribution is -2.45. The van der Waals surface area contributed by atoms with Crippen molar-refractivity contribution in [3.63, 3.8) is 0 Å². The average Bonchev–Trinajstić information content (AvgIpc) is 2.02. The molecular formula is C11H19B. The Bertz CT molecular complexity index is 162. The van der Waals surface area contributed by atoms with Gasteiger partial charge >= 0.3 is 0 Å². The van der Waals surface area contributed by atoms with Gasteiger partial charge in [0.1, 0.15) is 7.85 Å². The third-order valence-corrected chi connectivity index (χ3v) is 4.92. The van der Waals surface area contributed by atoms with Crippen molar-refractivity contribution in [2.45, 2.75) is 44.8 Å². The summed E-state index contributed by atoms with van der Waals surface area (Å²) in [5.41, 5.74) is 0.842. The van der Waals surface area contributed by atoms with Gasteiger partial charge in [0.15, 0.2) is 0 Å². The highest BCUT2D eigenvalue weighted by atomic mass is 14.5. The molecule has 0 N–H and O–H groups in total. The molecule has 0 amide bonds. The first kappa shape index (κ1) is 7.47. The third-order valence-electron chi connectivity index (χ3n) is 4.92. The highest BCUT2D eigenvalue weighted by molar-refractivity contribution is 6.09. The highest BCUT2D eigenvalue weighted by Crippen LogP contribution is 2.61. The molecule has 4 aliphatic carbocycles. The molecule has 0 aromatic rings. The van der Waals surface area contributed by atoms with E-state index in [2.05, 4.69) is 7.85 Å². The van der Waals surface area contributed by atoms with Gasteiger partial charge in [0, 0.05) is 0 Å². The quantitative estimate of drug-likeness (QED) is 0.518. The monoisotopic (exact) mass is 162 g/mol. The second-order valence-corrected chi connectivity index (χ2v) is 5.77. The van der Waals surface area contributed by atoms with Crippen LogP contribution < -0.4 is 0 Å². The van der Waals surface area contributed by atoms with Gasteiger partial charge in [-0.05, 0) is 61.7 Å². The van der Waals surface area contributed by atoms with Crippen molar-refractivity contribution in [3.05, 3.63) is 0 Å². The minimum absolute atomic E-state index is 0.842. The first-order valence-electron chi connectivity index (χ1n) is 5.80. The van der Waals surface area contributed by atoms with Crippen molar-refractivity contribution in [3.8, 4) is 0 Å². The van der Waals surface area contributed by atoms with Crippen LogP contribution in [0.5, 0.6) is 0 Å². The number of hydrogen-bond donors (Lipinski definition) is 0. The number of rotatable bonds is 1. The predicted molar refractivity (Wildman–Crippen MR) is 54.0 cm³/mol. The molecule has 0 nitrogen and oxygen atoms in total. The van der Waals surface area contributed by atoms with Gasteiger partial charge in [-0.3, -0.25) is 0 Å². The molecule has 0 radical (unpaired) electrons. The zero-order valence-electron chi connectivity index (χ0n) is 8.18. The van der Waals surface area contributed by atoms with Crippen LogP contribution in [0, 0.1) is 23.2 Å². The minimum Gasteiger partial charge on any atom is -0.0755 e. The molecule has 4 fully saturated rings. The molecule has 0 spiro atoms. The minimum atomic E-state index is 0.842. The maximum absolute atomic E-state index is 2.42. The Morgan fingerprint density at radius 1 is 0.917 bits per heavy atom. The zero-order chi connectivity index (χ0) is 8.18. The lowest BCUT2D eigenvalue weighted by Gasteiger charge is -2.57. The summed E-state index contributed by atoms with van der Waals surface area (Å²) in [6.07, 6.45) is 11.0. The van der Waals surface area contributed by atoms with Crippen molar-refractivity contribution in [1.82, 2.24) is 0 Å². The summed E-state index contributed by atoms with van der Waals surface area (Å²) < 4.78 is 0. The molecule has 0 aromatic heterocycles. The third kappa shape index (κ3) is 0.915. The first-order chi connectivity index (χ1) is 5.80. The SMILES string of the molecule is BCC12CC3CC(CC(C3)C1)C2. The lowest BCUT2D eigenvalue weighted by atomic mass is 9.47. The summed E-state index contributed by atoms with van der Waals surface area (Å²) in [6, 6.07) is 0. The molecule has 0 heterocycles. The Morgan fingerprint density at radius 3 is 1.67 bits per heavy atom. The average molecular weight is 162 g/mol. The van der Waals surface area contributed by atoms with E-state index in [0.29, 0.717) is 0 Å². The normalized spacial score (nSPS) is 56.2. The number of hydrogen-bond acceptors (Lipinski definition) is 0. The molecule has 0 saturated heterocycles. The fourth-order valence-corrected chi connectivity index (χ4v) is 4.72. The lowest BCUT2D eigenvalue weighted by molar-refractivity contribution is -0.0406. The van der Waals surface area contributed by atoms with E-state index in [1.54, 1.807) is 38.5 Å². The Morgan fingerprint density at radius 2 is 1.33 bits per heavy atom. The van der Waals surface area contributed by atoms with Crippen molar-refractivity contribution in [2.24, 2.45) is 23.2 Å². The van der Waals surface area contributed by atoms with Crippen LogP contribution in [-0.2, 0) is 0 Å². The maximum Gasteiger partial charge on any atom is 0.102 e. The van der Waals surface area contributed by atoms with Crippen LogP contribution in [0.3, 0.4) is 0 Å². The summed E-state index contributed by atoms with van der Waals surface area (Å²) in [4.78, 5) is 0. The Balaban J connectivity index is 1.90. The van der Waals surface area contributed by atoms with Crippen LogP contribution in [0.25, 0.3) is 0 Å². The van der Waals surface area contributed by atoms with E-state index in [9.17, 15) is 0 Å². The molecule has 1 heteroatoms. The van der Waals surface area contributed by atoms with Gasteiger partial charge in [-0.15, -0.1) is 0 Å². The fourth-order valence-electron chi connectivity index (χ4n) is 4.72. The zero-order valence-corrected chi connectivity index (χ0v) is 8.18. The first-order valence-corrected chi connectivity index (χ1v) is 5.80. The molecule has 4 aliphatic rings. The van der Waals surface area contributed by atoms with Crippen LogP contribution in [0.1, 0.15) is 38.5 Å². The van der Waals surface area contributed by atoms with Crippen LogP contribution in [-0.4, -0.2) is 7.85 Å². The summed E-state index contributed by atoms with van der Waals surface area (Å²) in [5.74, 6) is 3.45. The smallest absolute Gasteiger partial charge is 0.0755 e. The van der Waals surface area contributed by atoms with Gasteiger partial charge in [-0.2, -0.15) is 0 Å². The van der Waals surface area contributed by atoms with Gasteiger partial charge in [-0.1, -0.05) is 6.32 Å². The summed E-state index contributed by atoms with van der Waals surface area (Å²) in [7, 11) is 2.42. The molecular weight excluding hydrogens is 143 g/mol. The molecule has 0 atom stereocenters.